The predicted molar refractivity (Wildman–Crippen MR) is 76.4 cm³/mol. The molecule has 2 heterocycles. The maximum absolute atomic E-state index is 11.4. The summed E-state index contributed by atoms with van der Waals surface area (Å²) in [6.45, 7) is 0. The van der Waals surface area contributed by atoms with E-state index >= 15 is 0 Å². The standard InChI is InChI=1S/C15H14N4O/c20-15-6-10-5-9(1-4-12(10)19-15)13-7-16-8-14(18-13)17-11-2-3-11/h1,4-5,7-8,11H,2-3,6H2,(H,17,18)(H,19,20). The molecule has 1 aliphatic carbocycles. The molecule has 1 aromatic heterocycles. The van der Waals surface area contributed by atoms with E-state index in [2.05, 4.69) is 20.6 Å². The minimum atomic E-state index is 0.0485. The zero-order valence-electron chi connectivity index (χ0n) is 10.9. The van der Waals surface area contributed by atoms with Crippen LogP contribution in [0.25, 0.3) is 11.3 Å². The van der Waals surface area contributed by atoms with E-state index in [1.165, 1.54) is 12.8 Å². The van der Waals surface area contributed by atoms with Gasteiger partial charge in [-0.1, -0.05) is 6.07 Å². The van der Waals surface area contributed by atoms with E-state index in [0.717, 1.165) is 28.3 Å². The molecule has 0 spiro atoms. The predicted octanol–water partition coefficient (Wildman–Crippen LogP) is 2.21. The first-order chi connectivity index (χ1) is 9.78. The van der Waals surface area contributed by atoms with E-state index in [-0.39, 0.29) is 5.91 Å². The number of carbonyl (C=O) groups is 1. The number of carbonyl (C=O) groups excluding carboxylic acids is 1. The van der Waals surface area contributed by atoms with Crippen LogP contribution in [0.5, 0.6) is 0 Å². The lowest BCUT2D eigenvalue weighted by Crippen LogP contribution is -2.03. The van der Waals surface area contributed by atoms with Crippen molar-refractivity contribution in [2.45, 2.75) is 25.3 Å². The summed E-state index contributed by atoms with van der Waals surface area (Å²) in [7, 11) is 0. The second-order valence-corrected chi connectivity index (χ2v) is 5.31. The molecule has 4 rings (SSSR count). The molecule has 0 saturated heterocycles. The number of rotatable bonds is 3. The lowest BCUT2D eigenvalue weighted by atomic mass is 10.1. The van der Waals surface area contributed by atoms with Gasteiger partial charge in [0.05, 0.1) is 24.5 Å². The van der Waals surface area contributed by atoms with Crippen LogP contribution in [0.4, 0.5) is 11.5 Å². The number of amides is 1. The molecule has 20 heavy (non-hydrogen) atoms. The van der Waals surface area contributed by atoms with Crippen molar-refractivity contribution >= 4 is 17.4 Å². The summed E-state index contributed by atoms with van der Waals surface area (Å²) in [6.07, 6.45) is 6.36. The van der Waals surface area contributed by atoms with Gasteiger partial charge in [-0.3, -0.25) is 9.78 Å². The van der Waals surface area contributed by atoms with Crippen LogP contribution in [0, 0.1) is 0 Å². The molecule has 100 valence electrons. The summed E-state index contributed by atoms with van der Waals surface area (Å²) < 4.78 is 0. The number of anilines is 2. The number of hydrogen-bond acceptors (Lipinski definition) is 4. The molecule has 0 unspecified atom stereocenters. The lowest BCUT2D eigenvalue weighted by Gasteiger charge is -2.07. The Balaban J connectivity index is 1.66. The van der Waals surface area contributed by atoms with Crippen molar-refractivity contribution in [3.05, 3.63) is 36.2 Å². The first-order valence-electron chi connectivity index (χ1n) is 6.80. The summed E-state index contributed by atoms with van der Waals surface area (Å²) in [5.74, 6) is 0.868. The fourth-order valence-electron chi connectivity index (χ4n) is 2.40. The van der Waals surface area contributed by atoms with Crippen molar-refractivity contribution in [3.63, 3.8) is 0 Å². The molecule has 5 nitrogen and oxygen atoms in total. The molecule has 1 fully saturated rings. The fraction of sp³-hybridized carbons (Fsp3) is 0.267. The van der Waals surface area contributed by atoms with E-state index < -0.39 is 0 Å². The number of nitrogens with one attached hydrogen (secondary N) is 2. The van der Waals surface area contributed by atoms with Crippen LogP contribution in [0.2, 0.25) is 0 Å². The van der Waals surface area contributed by atoms with Crippen LogP contribution in [0.3, 0.4) is 0 Å². The van der Waals surface area contributed by atoms with Gasteiger partial charge in [-0.2, -0.15) is 0 Å². The van der Waals surface area contributed by atoms with Gasteiger partial charge in [0.1, 0.15) is 5.82 Å². The van der Waals surface area contributed by atoms with Gasteiger partial charge in [-0.05, 0) is 30.5 Å². The number of hydrogen-bond donors (Lipinski definition) is 2. The molecule has 2 aliphatic rings. The molecule has 2 aromatic rings. The Morgan fingerprint density at radius 1 is 1.25 bits per heavy atom. The third kappa shape index (κ3) is 2.11. The van der Waals surface area contributed by atoms with Gasteiger partial charge in [-0.25, -0.2) is 4.98 Å². The molecule has 2 N–H and O–H groups in total. The van der Waals surface area contributed by atoms with E-state index in [0.29, 0.717) is 12.5 Å². The van der Waals surface area contributed by atoms with Gasteiger partial charge in [0.25, 0.3) is 0 Å². The summed E-state index contributed by atoms with van der Waals surface area (Å²) >= 11 is 0. The highest BCUT2D eigenvalue weighted by Gasteiger charge is 2.22. The average Bonchev–Trinajstić information content (AvgIpc) is 3.17. The fourth-order valence-corrected chi connectivity index (χ4v) is 2.40. The third-order valence-corrected chi connectivity index (χ3v) is 3.59. The normalized spacial score (nSPS) is 16.7. The molecule has 1 saturated carbocycles. The number of benzene rings is 1. The summed E-state index contributed by atoms with van der Waals surface area (Å²) in [5, 5.41) is 6.18. The summed E-state index contributed by atoms with van der Waals surface area (Å²) in [4.78, 5) is 20.2. The van der Waals surface area contributed by atoms with Crippen molar-refractivity contribution in [1.29, 1.82) is 0 Å². The van der Waals surface area contributed by atoms with Crippen LogP contribution in [0.1, 0.15) is 18.4 Å². The highest BCUT2D eigenvalue weighted by molar-refractivity contribution is 5.99. The van der Waals surface area contributed by atoms with Crippen molar-refractivity contribution in [3.8, 4) is 11.3 Å². The van der Waals surface area contributed by atoms with Crippen LogP contribution in [0.15, 0.2) is 30.6 Å². The molecule has 0 bridgehead atoms. The number of fused-ring (bicyclic) bond motifs is 1. The van der Waals surface area contributed by atoms with Crippen LogP contribution in [-0.4, -0.2) is 21.9 Å². The second-order valence-electron chi connectivity index (χ2n) is 5.31. The summed E-state index contributed by atoms with van der Waals surface area (Å²) in [5.41, 5.74) is 3.75. The quantitative estimate of drug-likeness (QED) is 0.894. The Labute approximate surface area is 116 Å². The first-order valence-corrected chi connectivity index (χ1v) is 6.80. The molecule has 5 heteroatoms. The molecular formula is C15H14N4O. The van der Waals surface area contributed by atoms with Gasteiger partial charge in [-0.15, -0.1) is 0 Å². The minimum absolute atomic E-state index is 0.0485. The monoisotopic (exact) mass is 266 g/mol. The maximum atomic E-state index is 11.4. The minimum Gasteiger partial charge on any atom is -0.366 e. The van der Waals surface area contributed by atoms with E-state index in [1.54, 1.807) is 12.4 Å². The largest absolute Gasteiger partial charge is 0.366 e. The molecule has 1 aromatic carbocycles. The van der Waals surface area contributed by atoms with E-state index in [9.17, 15) is 4.79 Å². The van der Waals surface area contributed by atoms with E-state index in [4.69, 9.17) is 0 Å². The van der Waals surface area contributed by atoms with Crippen molar-refractivity contribution in [2.24, 2.45) is 0 Å². The van der Waals surface area contributed by atoms with Gasteiger partial charge in [0.2, 0.25) is 5.91 Å². The van der Waals surface area contributed by atoms with Crippen molar-refractivity contribution < 1.29 is 4.79 Å². The molecule has 1 amide bonds. The topological polar surface area (TPSA) is 66.9 Å². The van der Waals surface area contributed by atoms with Gasteiger partial charge in [0.15, 0.2) is 0 Å². The zero-order valence-corrected chi connectivity index (χ0v) is 10.9. The van der Waals surface area contributed by atoms with Gasteiger partial charge < -0.3 is 10.6 Å². The molecule has 0 atom stereocenters. The Hall–Kier alpha value is -2.43. The van der Waals surface area contributed by atoms with Crippen LogP contribution in [-0.2, 0) is 11.2 Å². The van der Waals surface area contributed by atoms with Gasteiger partial charge in [0, 0.05) is 17.3 Å². The first kappa shape index (κ1) is 11.4. The Bertz CT molecular complexity index is 694. The third-order valence-electron chi connectivity index (χ3n) is 3.59. The molecule has 0 radical (unpaired) electrons. The Kier molecular flexibility index (Phi) is 2.45. The highest BCUT2D eigenvalue weighted by atomic mass is 16.1. The van der Waals surface area contributed by atoms with Crippen molar-refractivity contribution in [2.75, 3.05) is 10.6 Å². The average molecular weight is 266 g/mol. The highest BCUT2D eigenvalue weighted by Crippen LogP contribution is 2.29. The number of nitrogens with zero attached hydrogens (tertiary/aromatic N) is 2. The van der Waals surface area contributed by atoms with Crippen LogP contribution < -0.4 is 10.6 Å². The Morgan fingerprint density at radius 2 is 2.15 bits per heavy atom. The molecule has 1 aliphatic heterocycles. The van der Waals surface area contributed by atoms with Gasteiger partial charge >= 0.3 is 0 Å². The SMILES string of the molecule is O=C1Cc2cc(-c3cncc(NC4CC4)n3)ccc2N1. The lowest BCUT2D eigenvalue weighted by molar-refractivity contribution is -0.115. The Morgan fingerprint density at radius 3 is 3.00 bits per heavy atom. The van der Waals surface area contributed by atoms with E-state index in [1.807, 2.05) is 18.2 Å². The maximum Gasteiger partial charge on any atom is 0.228 e. The van der Waals surface area contributed by atoms with Crippen LogP contribution >= 0.6 is 0 Å². The molecular weight excluding hydrogens is 252 g/mol. The second kappa shape index (κ2) is 4.30. The summed E-state index contributed by atoms with van der Waals surface area (Å²) in [6, 6.07) is 6.47. The number of aromatic nitrogens is 2. The van der Waals surface area contributed by atoms with Crippen molar-refractivity contribution in [1.82, 2.24) is 9.97 Å². The smallest absolute Gasteiger partial charge is 0.228 e. The zero-order chi connectivity index (χ0) is 13.5.